The van der Waals surface area contributed by atoms with Gasteiger partial charge in [-0.1, -0.05) is 33.8 Å². The Balaban J connectivity index is 0. The van der Waals surface area contributed by atoms with Crippen molar-refractivity contribution in [1.29, 1.82) is 0 Å². The van der Waals surface area contributed by atoms with Gasteiger partial charge in [-0.15, -0.1) is 24.8 Å². The second kappa shape index (κ2) is 11.6. The van der Waals surface area contributed by atoms with Crippen LogP contribution in [0.2, 0.25) is 0 Å². The van der Waals surface area contributed by atoms with Gasteiger partial charge in [-0.3, -0.25) is 4.79 Å². The van der Waals surface area contributed by atoms with Crippen molar-refractivity contribution in [3.05, 3.63) is 29.3 Å². The first-order valence-corrected chi connectivity index (χ1v) is 8.67. The Kier molecular flexibility index (Phi) is 12.2. The first-order valence-electron chi connectivity index (χ1n) is 8.67. The van der Waals surface area contributed by atoms with E-state index < -0.39 is 0 Å². The van der Waals surface area contributed by atoms with Crippen molar-refractivity contribution in [2.45, 2.75) is 66.0 Å². The molecule has 0 bridgehead atoms. The predicted octanol–water partition coefficient (Wildman–Crippen LogP) is 4.54. The lowest BCUT2D eigenvalue weighted by Gasteiger charge is -2.27. The average molecular weight is 392 g/mol. The van der Waals surface area contributed by atoms with Gasteiger partial charge in [0.25, 0.3) is 5.91 Å². The maximum atomic E-state index is 12.5. The molecule has 0 saturated heterocycles. The van der Waals surface area contributed by atoms with Gasteiger partial charge in [0.15, 0.2) is 0 Å². The van der Waals surface area contributed by atoms with E-state index in [1.807, 2.05) is 25.1 Å². The molecule has 0 aromatic heterocycles. The third-order valence-corrected chi connectivity index (χ3v) is 4.97. The molecule has 6 heteroatoms. The van der Waals surface area contributed by atoms with E-state index in [4.69, 9.17) is 5.73 Å². The normalized spacial score (nSPS) is 12.0. The number of rotatable bonds is 8. The molecule has 146 valence electrons. The Bertz CT molecular complexity index is 531. The molecule has 1 atom stereocenters. The second-order valence-corrected chi connectivity index (χ2v) is 6.91. The zero-order chi connectivity index (χ0) is 17.6. The number of nitrogens with two attached hydrogens (primary N) is 1. The van der Waals surface area contributed by atoms with Crippen LogP contribution in [-0.4, -0.2) is 24.0 Å². The van der Waals surface area contributed by atoms with Crippen molar-refractivity contribution in [3.63, 3.8) is 0 Å². The van der Waals surface area contributed by atoms with Crippen molar-refractivity contribution >= 4 is 36.4 Å². The molecule has 25 heavy (non-hydrogen) atoms. The van der Waals surface area contributed by atoms with Crippen LogP contribution >= 0.6 is 24.8 Å². The topological polar surface area (TPSA) is 67.1 Å². The molecule has 4 N–H and O–H groups in total. The summed E-state index contributed by atoms with van der Waals surface area (Å²) < 4.78 is 0. The van der Waals surface area contributed by atoms with Crippen molar-refractivity contribution < 1.29 is 4.79 Å². The number of benzene rings is 1. The fraction of sp³-hybridized carbons (Fsp3) is 0.632. The summed E-state index contributed by atoms with van der Waals surface area (Å²) in [6.07, 6.45) is 1.69. The molecule has 0 fully saturated rings. The van der Waals surface area contributed by atoms with E-state index >= 15 is 0 Å². The molecular weight excluding hydrogens is 357 g/mol. The van der Waals surface area contributed by atoms with Gasteiger partial charge in [-0.2, -0.15) is 0 Å². The molecule has 1 amide bonds. The first-order chi connectivity index (χ1) is 10.7. The lowest BCUT2D eigenvalue weighted by atomic mass is 9.94. The number of anilines is 1. The number of carbonyl (C=O) groups excluding carboxylic acids is 1. The Morgan fingerprint density at radius 2 is 1.72 bits per heavy atom. The molecule has 1 aromatic rings. The third kappa shape index (κ3) is 7.43. The number of hydrogen-bond donors (Lipinski definition) is 3. The summed E-state index contributed by atoms with van der Waals surface area (Å²) in [7, 11) is 0. The lowest BCUT2D eigenvalue weighted by molar-refractivity contribution is 0.0941. The molecule has 0 saturated carbocycles. The van der Waals surface area contributed by atoms with Crippen LogP contribution in [0.15, 0.2) is 18.2 Å². The highest BCUT2D eigenvalue weighted by molar-refractivity contribution is 5.97. The summed E-state index contributed by atoms with van der Waals surface area (Å²) >= 11 is 0. The number of carbonyl (C=O) groups is 1. The van der Waals surface area contributed by atoms with Gasteiger partial charge in [0.05, 0.1) is 0 Å². The Morgan fingerprint density at radius 3 is 2.20 bits per heavy atom. The quantitative estimate of drug-likeness (QED) is 0.608. The molecule has 0 heterocycles. The standard InChI is InChI=1S/C19H33N3O.2ClH/c1-7-19(20,8-2)12-21-18(23)16-10-9-11-17(14(16)5)22-15(6)13(3)4;;/h9-11,13,15,22H,7-8,12,20H2,1-6H3,(H,21,23);2*1H. The number of nitrogens with one attached hydrogen (secondary N) is 2. The highest BCUT2D eigenvalue weighted by Crippen LogP contribution is 2.21. The smallest absolute Gasteiger partial charge is 0.251 e. The van der Waals surface area contributed by atoms with E-state index in [-0.39, 0.29) is 36.3 Å². The van der Waals surface area contributed by atoms with E-state index in [2.05, 4.69) is 45.3 Å². The summed E-state index contributed by atoms with van der Waals surface area (Å²) in [5, 5.41) is 6.49. The zero-order valence-corrected chi connectivity index (χ0v) is 17.9. The van der Waals surface area contributed by atoms with Crippen molar-refractivity contribution in [1.82, 2.24) is 5.32 Å². The number of hydrogen-bond acceptors (Lipinski definition) is 3. The molecular formula is C19H35Cl2N3O. The molecule has 1 unspecified atom stereocenters. The van der Waals surface area contributed by atoms with Gasteiger partial charge >= 0.3 is 0 Å². The van der Waals surface area contributed by atoms with E-state index in [1.54, 1.807) is 0 Å². The van der Waals surface area contributed by atoms with Crippen molar-refractivity contribution in [3.8, 4) is 0 Å². The molecule has 1 aromatic carbocycles. The third-order valence-electron chi connectivity index (χ3n) is 4.97. The SMILES string of the molecule is CCC(N)(CC)CNC(=O)c1cccc(NC(C)C(C)C)c1C.Cl.Cl. The van der Waals surface area contributed by atoms with Crippen LogP contribution in [0.25, 0.3) is 0 Å². The van der Waals surface area contributed by atoms with Gasteiger partial charge in [0.1, 0.15) is 0 Å². The van der Waals surface area contributed by atoms with Crippen molar-refractivity contribution in [2.75, 3.05) is 11.9 Å². The summed E-state index contributed by atoms with van der Waals surface area (Å²) in [4.78, 5) is 12.5. The number of halogens is 2. The average Bonchev–Trinajstić information content (AvgIpc) is 2.54. The molecule has 0 radical (unpaired) electrons. The van der Waals surface area contributed by atoms with Crippen LogP contribution in [0, 0.1) is 12.8 Å². The molecule has 0 spiro atoms. The minimum Gasteiger partial charge on any atom is -0.382 e. The van der Waals surface area contributed by atoms with E-state index in [9.17, 15) is 4.79 Å². The first kappa shape index (κ1) is 26.3. The monoisotopic (exact) mass is 391 g/mol. The predicted molar refractivity (Wildman–Crippen MR) is 113 cm³/mol. The number of amides is 1. The van der Waals surface area contributed by atoms with Gasteiger partial charge in [0, 0.05) is 29.4 Å². The van der Waals surface area contributed by atoms with Crippen LogP contribution in [0.1, 0.15) is 63.4 Å². The van der Waals surface area contributed by atoms with Crippen LogP contribution in [0.3, 0.4) is 0 Å². The largest absolute Gasteiger partial charge is 0.382 e. The Labute approximate surface area is 165 Å². The van der Waals surface area contributed by atoms with Crippen LogP contribution in [0.5, 0.6) is 0 Å². The van der Waals surface area contributed by atoms with Crippen LogP contribution in [0.4, 0.5) is 5.69 Å². The van der Waals surface area contributed by atoms with E-state index in [0.717, 1.165) is 24.1 Å². The molecule has 0 aliphatic rings. The zero-order valence-electron chi connectivity index (χ0n) is 16.3. The lowest BCUT2D eigenvalue weighted by Crippen LogP contribution is -2.49. The second-order valence-electron chi connectivity index (χ2n) is 6.91. The van der Waals surface area contributed by atoms with Gasteiger partial charge in [-0.05, 0) is 50.3 Å². The van der Waals surface area contributed by atoms with Gasteiger partial charge < -0.3 is 16.4 Å². The summed E-state index contributed by atoms with van der Waals surface area (Å²) in [5.41, 5.74) is 8.64. The fourth-order valence-corrected chi connectivity index (χ4v) is 2.30. The molecule has 1 rings (SSSR count). The Morgan fingerprint density at radius 1 is 1.16 bits per heavy atom. The maximum Gasteiger partial charge on any atom is 0.251 e. The van der Waals surface area contributed by atoms with Crippen LogP contribution < -0.4 is 16.4 Å². The minimum atomic E-state index is -0.328. The molecule has 0 aliphatic heterocycles. The minimum absolute atomic E-state index is 0. The highest BCUT2D eigenvalue weighted by atomic mass is 35.5. The van der Waals surface area contributed by atoms with E-state index in [0.29, 0.717) is 24.1 Å². The molecule has 4 nitrogen and oxygen atoms in total. The van der Waals surface area contributed by atoms with E-state index in [1.165, 1.54) is 0 Å². The van der Waals surface area contributed by atoms with Gasteiger partial charge in [0.2, 0.25) is 0 Å². The molecule has 0 aliphatic carbocycles. The summed E-state index contributed by atoms with van der Waals surface area (Å²) in [6.45, 7) is 13.1. The summed E-state index contributed by atoms with van der Waals surface area (Å²) in [6, 6.07) is 6.17. The maximum absolute atomic E-state index is 12.5. The van der Waals surface area contributed by atoms with Gasteiger partial charge in [-0.25, -0.2) is 0 Å². The Hall–Kier alpha value is -0.970. The van der Waals surface area contributed by atoms with Crippen LogP contribution in [-0.2, 0) is 0 Å². The fourth-order valence-electron chi connectivity index (χ4n) is 2.30. The summed E-state index contributed by atoms with van der Waals surface area (Å²) in [5.74, 6) is 0.471. The van der Waals surface area contributed by atoms with Crippen molar-refractivity contribution in [2.24, 2.45) is 11.7 Å². The highest BCUT2D eigenvalue weighted by Gasteiger charge is 2.22.